The van der Waals surface area contributed by atoms with Crippen molar-refractivity contribution in [2.24, 2.45) is 5.92 Å². The Balaban J connectivity index is 1.82. The van der Waals surface area contributed by atoms with Gasteiger partial charge in [-0.15, -0.1) is 0 Å². The molecule has 2 aromatic rings. The van der Waals surface area contributed by atoms with E-state index in [0.29, 0.717) is 67.1 Å². The molecule has 1 saturated heterocycles. The van der Waals surface area contributed by atoms with E-state index in [1.807, 2.05) is 43.9 Å². The van der Waals surface area contributed by atoms with Crippen LogP contribution in [0.3, 0.4) is 0 Å². The van der Waals surface area contributed by atoms with E-state index >= 15 is 0 Å². The maximum atomic E-state index is 14.3. The fourth-order valence-corrected chi connectivity index (χ4v) is 6.04. The largest absolute Gasteiger partial charge is 0.497 e. The summed E-state index contributed by atoms with van der Waals surface area (Å²) >= 11 is 0. The van der Waals surface area contributed by atoms with E-state index < -0.39 is 5.60 Å². The quantitative estimate of drug-likeness (QED) is 0.442. The molecule has 0 aromatic heterocycles. The molecule has 3 unspecified atom stereocenters. The molecule has 0 bridgehead atoms. The lowest BCUT2D eigenvalue weighted by Gasteiger charge is -2.52. The lowest BCUT2D eigenvalue weighted by molar-refractivity contribution is -0.115. The number of hydrogen-bond acceptors (Lipinski definition) is 7. The lowest BCUT2D eigenvalue weighted by Crippen LogP contribution is -2.56. The number of aliphatic hydroxyl groups is 1. The van der Waals surface area contributed by atoms with Gasteiger partial charge >= 0.3 is 0 Å². The number of carbonyl (C=O) groups is 1. The molecule has 8 nitrogen and oxygen atoms in total. The summed E-state index contributed by atoms with van der Waals surface area (Å²) < 4.78 is 28.8. The Morgan fingerprint density at radius 1 is 0.921 bits per heavy atom. The molecule has 1 heterocycles. The SMILES string of the molecule is CCOc1cc(C(=O)N2CCC3(O)CCCCC3C2c2ccc(OC)cc2OC)cc(OCC)c1OCC. The number of methoxy groups -OCH3 is 2. The minimum absolute atomic E-state index is 0.114. The first-order valence-corrected chi connectivity index (χ1v) is 13.7. The Morgan fingerprint density at radius 2 is 1.61 bits per heavy atom. The van der Waals surface area contributed by atoms with Crippen LogP contribution in [0.15, 0.2) is 30.3 Å². The number of likely N-dealkylation sites (tertiary alicyclic amines) is 1. The monoisotopic (exact) mass is 527 g/mol. The van der Waals surface area contributed by atoms with E-state index in [-0.39, 0.29) is 17.9 Å². The molecule has 1 N–H and O–H groups in total. The molecule has 8 heteroatoms. The highest BCUT2D eigenvalue weighted by Gasteiger charge is 2.51. The summed E-state index contributed by atoms with van der Waals surface area (Å²) in [6, 6.07) is 8.80. The maximum Gasteiger partial charge on any atom is 0.254 e. The highest BCUT2D eigenvalue weighted by atomic mass is 16.5. The van der Waals surface area contributed by atoms with Crippen molar-refractivity contribution in [2.45, 2.75) is 64.5 Å². The third-order valence-corrected chi connectivity index (χ3v) is 7.74. The summed E-state index contributed by atoms with van der Waals surface area (Å²) in [4.78, 5) is 16.2. The molecule has 2 aromatic carbocycles. The first-order chi connectivity index (χ1) is 18.4. The first kappa shape index (κ1) is 27.9. The highest BCUT2D eigenvalue weighted by Crippen LogP contribution is 2.52. The van der Waals surface area contributed by atoms with Gasteiger partial charge in [0.05, 0.1) is 45.7 Å². The summed E-state index contributed by atoms with van der Waals surface area (Å²) in [5, 5.41) is 11.7. The Labute approximate surface area is 225 Å². The van der Waals surface area contributed by atoms with Gasteiger partial charge < -0.3 is 33.7 Å². The van der Waals surface area contributed by atoms with Crippen LogP contribution < -0.4 is 23.7 Å². The molecule has 1 aliphatic heterocycles. The number of nitrogens with zero attached hydrogens (tertiary/aromatic N) is 1. The molecule has 2 fully saturated rings. The number of amides is 1. The number of fused-ring (bicyclic) bond motifs is 1. The summed E-state index contributed by atoms with van der Waals surface area (Å²) in [6.07, 6.45) is 4.10. The molecule has 1 saturated carbocycles. The van der Waals surface area contributed by atoms with Crippen LogP contribution in [0.1, 0.15) is 74.8 Å². The second-order valence-corrected chi connectivity index (χ2v) is 9.86. The van der Waals surface area contributed by atoms with Gasteiger partial charge in [0.2, 0.25) is 5.75 Å². The van der Waals surface area contributed by atoms with Gasteiger partial charge in [-0.1, -0.05) is 12.8 Å². The van der Waals surface area contributed by atoms with Crippen LogP contribution in [0.2, 0.25) is 0 Å². The summed E-state index contributed by atoms with van der Waals surface area (Å²) in [5.74, 6) is 2.51. The van der Waals surface area contributed by atoms with Crippen LogP contribution >= 0.6 is 0 Å². The zero-order valence-corrected chi connectivity index (χ0v) is 23.2. The first-order valence-electron chi connectivity index (χ1n) is 13.7. The van der Waals surface area contributed by atoms with E-state index in [4.69, 9.17) is 23.7 Å². The van der Waals surface area contributed by atoms with Crippen LogP contribution in [-0.2, 0) is 0 Å². The predicted molar refractivity (Wildman–Crippen MR) is 145 cm³/mol. The fraction of sp³-hybridized carbons (Fsp3) is 0.567. The van der Waals surface area contributed by atoms with Crippen molar-refractivity contribution in [1.29, 1.82) is 0 Å². The van der Waals surface area contributed by atoms with Crippen LogP contribution in [0, 0.1) is 5.92 Å². The molecule has 4 rings (SSSR count). The highest BCUT2D eigenvalue weighted by molar-refractivity contribution is 5.96. The Morgan fingerprint density at radius 3 is 2.21 bits per heavy atom. The van der Waals surface area contributed by atoms with Crippen molar-refractivity contribution in [1.82, 2.24) is 4.90 Å². The zero-order valence-electron chi connectivity index (χ0n) is 23.2. The van der Waals surface area contributed by atoms with Crippen LogP contribution in [0.25, 0.3) is 0 Å². The Kier molecular flexibility index (Phi) is 8.92. The molecule has 208 valence electrons. The van der Waals surface area contributed by atoms with E-state index in [1.165, 1.54) is 0 Å². The van der Waals surface area contributed by atoms with Crippen molar-refractivity contribution < 1.29 is 33.6 Å². The van der Waals surface area contributed by atoms with E-state index in [9.17, 15) is 9.90 Å². The molecule has 0 radical (unpaired) electrons. The van der Waals surface area contributed by atoms with Crippen LogP contribution in [0.4, 0.5) is 0 Å². The van der Waals surface area contributed by atoms with Crippen molar-refractivity contribution in [2.75, 3.05) is 40.6 Å². The average molecular weight is 528 g/mol. The van der Waals surface area contributed by atoms with Crippen LogP contribution in [-0.4, -0.2) is 62.1 Å². The third kappa shape index (κ3) is 5.37. The number of ether oxygens (including phenoxy) is 5. The number of carbonyl (C=O) groups excluding carboxylic acids is 1. The molecule has 38 heavy (non-hydrogen) atoms. The van der Waals surface area contributed by atoms with Crippen molar-refractivity contribution >= 4 is 5.91 Å². The van der Waals surface area contributed by atoms with Gasteiger partial charge in [-0.05, 0) is 64.3 Å². The second-order valence-electron chi connectivity index (χ2n) is 9.86. The smallest absolute Gasteiger partial charge is 0.254 e. The summed E-state index contributed by atoms with van der Waals surface area (Å²) in [6.45, 7) is 7.40. The van der Waals surface area contributed by atoms with Gasteiger partial charge in [0, 0.05) is 29.7 Å². The molecular formula is C30H41NO7. The number of rotatable bonds is 10. The van der Waals surface area contributed by atoms with Gasteiger partial charge in [-0.25, -0.2) is 0 Å². The van der Waals surface area contributed by atoms with Gasteiger partial charge in [0.25, 0.3) is 5.91 Å². The predicted octanol–water partition coefficient (Wildman–Crippen LogP) is 5.41. The van der Waals surface area contributed by atoms with Crippen LogP contribution in [0.5, 0.6) is 28.7 Å². The third-order valence-electron chi connectivity index (χ3n) is 7.74. The fourth-order valence-electron chi connectivity index (χ4n) is 6.04. The standard InChI is InChI=1S/C30H41NO7/c1-6-36-25-17-20(18-26(37-7-2)28(25)38-8-3)29(32)31-16-15-30(33)14-10-9-11-23(30)27(31)22-13-12-21(34-4)19-24(22)35-5/h12-13,17-19,23,27,33H,6-11,14-16H2,1-5H3. The topological polar surface area (TPSA) is 86.7 Å². The average Bonchev–Trinajstić information content (AvgIpc) is 2.93. The van der Waals surface area contributed by atoms with Gasteiger partial charge in [0.1, 0.15) is 11.5 Å². The van der Waals surface area contributed by atoms with Crippen molar-refractivity contribution in [3.63, 3.8) is 0 Å². The molecule has 1 aliphatic carbocycles. The van der Waals surface area contributed by atoms with E-state index in [0.717, 1.165) is 31.2 Å². The van der Waals surface area contributed by atoms with Crippen molar-refractivity contribution in [3.8, 4) is 28.7 Å². The maximum absolute atomic E-state index is 14.3. The van der Waals surface area contributed by atoms with Gasteiger partial charge in [0.15, 0.2) is 11.5 Å². The second kappa shape index (κ2) is 12.2. The normalized spacial score (nSPS) is 22.8. The number of piperidine rings is 1. The number of benzene rings is 2. The minimum atomic E-state index is -0.823. The lowest BCUT2D eigenvalue weighted by atomic mass is 9.66. The molecule has 1 amide bonds. The summed E-state index contributed by atoms with van der Waals surface area (Å²) in [5.41, 5.74) is 0.503. The Hall–Kier alpha value is -3.13. The van der Waals surface area contributed by atoms with Gasteiger partial charge in [-0.3, -0.25) is 4.79 Å². The minimum Gasteiger partial charge on any atom is -0.497 e. The zero-order chi connectivity index (χ0) is 27.3. The molecule has 3 atom stereocenters. The molecule has 0 spiro atoms. The van der Waals surface area contributed by atoms with E-state index in [1.54, 1.807) is 26.4 Å². The van der Waals surface area contributed by atoms with Crippen molar-refractivity contribution in [3.05, 3.63) is 41.5 Å². The molecule has 2 aliphatic rings. The molecular weight excluding hydrogens is 486 g/mol. The van der Waals surface area contributed by atoms with E-state index in [2.05, 4.69) is 0 Å². The number of hydrogen-bond donors (Lipinski definition) is 1. The van der Waals surface area contributed by atoms with Gasteiger partial charge in [-0.2, -0.15) is 0 Å². The Bertz CT molecular complexity index is 1090. The summed E-state index contributed by atoms with van der Waals surface area (Å²) in [7, 11) is 3.23.